The number of nitrogens with one attached hydrogen (secondary N) is 2. The molecule has 0 aliphatic carbocycles. The van der Waals surface area contributed by atoms with Crippen LogP contribution >= 0.6 is 24.0 Å². The molecule has 0 amide bonds. The maximum Gasteiger partial charge on any atom is 0.387 e. The van der Waals surface area contributed by atoms with Gasteiger partial charge in [0.2, 0.25) is 0 Å². The quantitative estimate of drug-likeness (QED) is 0.163. The van der Waals surface area contributed by atoms with Gasteiger partial charge in [-0.2, -0.15) is 8.78 Å². The van der Waals surface area contributed by atoms with Gasteiger partial charge in [0.1, 0.15) is 17.3 Å². The topological polar surface area (TPSA) is 80.9 Å². The van der Waals surface area contributed by atoms with Crippen molar-refractivity contribution >= 4 is 29.9 Å². The molecule has 0 unspecified atom stereocenters. The second-order valence-corrected chi connectivity index (χ2v) is 7.02. The van der Waals surface area contributed by atoms with Gasteiger partial charge in [-0.15, -0.1) is 24.0 Å². The van der Waals surface area contributed by atoms with Crippen molar-refractivity contribution in [2.45, 2.75) is 60.1 Å². The zero-order chi connectivity index (χ0) is 22.6. The van der Waals surface area contributed by atoms with Gasteiger partial charge in [-0.1, -0.05) is 12.1 Å². The molecule has 0 fully saturated rings. The number of hydrogen-bond donors (Lipinski definition) is 2. The molecular formula is C22H33F2IN4O3. The number of hydrogen-bond acceptors (Lipinski definition) is 5. The van der Waals surface area contributed by atoms with Gasteiger partial charge in [0, 0.05) is 30.3 Å². The maximum absolute atomic E-state index is 12.8. The summed E-state index contributed by atoms with van der Waals surface area (Å²) < 4.78 is 41.1. The van der Waals surface area contributed by atoms with Crippen LogP contribution in [-0.4, -0.2) is 37.4 Å². The van der Waals surface area contributed by atoms with Gasteiger partial charge in [-0.05, 0) is 52.2 Å². The monoisotopic (exact) mass is 566 g/mol. The third-order valence-corrected chi connectivity index (χ3v) is 4.56. The molecule has 0 aliphatic rings. The minimum atomic E-state index is -2.92. The second kappa shape index (κ2) is 14.9. The van der Waals surface area contributed by atoms with Crippen molar-refractivity contribution in [1.29, 1.82) is 0 Å². The Morgan fingerprint density at radius 2 is 2.00 bits per heavy atom. The number of benzene rings is 1. The van der Waals surface area contributed by atoms with Crippen LogP contribution in [0.5, 0.6) is 11.5 Å². The Kier molecular flexibility index (Phi) is 13.0. The molecule has 0 spiro atoms. The average Bonchev–Trinajstić information content (AvgIpc) is 3.05. The van der Waals surface area contributed by atoms with E-state index in [4.69, 9.17) is 9.26 Å². The molecule has 0 radical (unpaired) electrons. The molecule has 2 rings (SSSR count). The summed E-state index contributed by atoms with van der Waals surface area (Å²) in [5.41, 5.74) is 2.59. The van der Waals surface area contributed by atoms with Gasteiger partial charge in [0.15, 0.2) is 5.96 Å². The lowest BCUT2D eigenvalue weighted by atomic mass is 10.1. The van der Waals surface area contributed by atoms with E-state index < -0.39 is 6.61 Å². The largest absolute Gasteiger partial charge is 0.493 e. The molecule has 0 saturated carbocycles. The van der Waals surface area contributed by atoms with Crippen molar-refractivity contribution in [2.24, 2.45) is 4.99 Å². The normalized spacial score (nSPS) is 11.3. The van der Waals surface area contributed by atoms with Crippen molar-refractivity contribution in [3.63, 3.8) is 0 Å². The van der Waals surface area contributed by atoms with Crippen molar-refractivity contribution in [3.8, 4) is 11.5 Å². The van der Waals surface area contributed by atoms with Crippen LogP contribution in [-0.2, 0) is 13.0 Å². The van der Waals surface area contributed by atoms with Crippen molar-refractivity contribution in [2.75, 3.05) is 19.7 Å². The van der Waals surface area contributed by atoms with Crippen molar-refractivity contribution in [3.05, 3.63) is 40.8 Å². The molecule has 32 heavy (non-hydrogen) atoms. The zero-order valence-electron chi connectivity index (χ0n) is 19.0. The molecule has 1 heterocycles. The lowest BCUT2D eigenvalue weighted by Gasteiger charge is -2.14. The molecule has 1 aromatic heterocycles. The Bertz CT molecular complexity index is 827. The molecule has 2 N–H and O–H groups in total. The summed E-state index contributed by atoms with van der Waals surface area (Å²) in [6.07, 6.45) is 2.54. The summed E-state index contributed by atoms with van der Waals surface area (Å²) in [6.45, 7) is 6.94. The minimum absolute atomic E-state index is 0. The number of halogens is 3. The van der Waals surface area contributed by atoms with Crippen molar-refractivity contribution in [1.82, 2.24) is 15.8 Å². The van der Waals surface area contributed by atoms with Gasteiger partial charge in [-0.25, -0.2) is 4.99 Å². The number of aliphatic imine (C=N–C) groups is 1. The van der Waals surface area contributed by atoms with E-state index in [9.17, 15) is 8.78 Å². The average molecular weight is 566 g/mol. The van der Waals surface area contributed by atoms with E-state index in [1.165, 1.54) is 6.07 Å². The van der Waals surface area contributed by atoms with Crippen LogP contribution in [0.2, 0.25) is 0 Å². The Morgan fingerprint density at radius 1 is 1.22 bits per heavy atom. The molecule has 2 aromatic rings. The Labute approximate surface area is 205 Å². The molecule has 10 heteroatoms. The summed E-state index contributed by atoms with van der Waals surface area (Å²) in [6, 6.07) is 4.92. The number of alkyl halides is 2. The fraction of sp³-hybridized carbons (Fsp3) is 0.545. The number of guanidine groups is 1. The molecule has 0 aliphatic heterocycles. The summed E-state index contributed by atoms with van der Waals surface area (Å²) in [7, 11) is 0. The highest BCUT2D eigenvalue weighted by atomic mass is 127. The third kappa shape index (κ3) is 9.17. The summed E-state index contributed by atoms with van der Waals surface area (Å²) in [4.78, 5) is 4.51. The van der Waals surface area contributed by atoms with E-state index in [0.717, 1.165) is 36.3 Å². The fourth-order valence-electron chi connectivity index (χ4n) is 3.02. The third-order valence-electron chi connectivity index (χ3n) is 4.56. The highest BCUT2D eigenvalue weighted by Crippen LogP contribution is 2.27. The van der Waals surface area contributed by atoms with Crippen LogP contribution < -0.4 is 20.1 Å². The summed E-state index contributed by atoms with van der Waals surface area (Å²) >= 11 is 0. The molecule has 0 bridgehead atoms. The highest BCUT2D eigenvalue weighted by Gasteiger charge is 2.12. The standard InChI is InChI=1S/C22H32F2N4O3.HI/c1-5-12-29-18-10-9-17(20(13-18)30-21(23)24)14-27-22(25-6-2)26-11-7-8-19-15(3)28-31-16(19)4;/h9-10,13,21H,5-8,11-12,14H2,1-4H3,(H2,25,26,27);1H. The Morgan fingerprint density at radius 3 is 2.62 bits per heavy atom. The smallest absolute Gasteiger partial charge is 0.387 e. The van der Waals surface area contributed by atoms with E-state index in [-0.39, 0.29) is 36.3 Å². The van der Waals surface area contributed by atoms with Crippen molar-refractivity contribution < 1.29 is 22.8 Å². The summed E-state index contributed by atoms with van der Waals surface area (Å²) in [5, 5.41) is 10.4. The Balaban J connectivity index is 0.00000512. The number of aromatic nitrogens is 1. The number of nitrogens with zero attached hydrogens (tertiary/aromatic N) is 2. The lowest BCUT2D eigenvalue weighted by molar-refractivity contribution is -0.0505. The van der Waals surface area contributed by atoms with E-state index in [1.807, 2.05) is 27.7 Å². The van der Waals surface area contributed by atoms with Crippen LogP contribution in [0.15, 0.2) is 27.7 Å². The zero-order valence-corrected chi connectivity index (χ0v) is 21.4. The molecule has 0 atom stereocenters. The van der Waals surface area contributed by atoms with Crippen LogP contribution in [0.1, 0.15) is 49.3 Å². The van der Waals surface area contributed by atoms with E-state index in [2.05, 4.69) is 25.5 Å². The van der Waals surface area contributed by atoms with Gasteiger partial charge in [0.25, 0.3) is 0 Å². The highest BCUT2D eigenvalue weighted by molar-refractivity contribution is 14.0. The van der Waals surface area contributed by atoms with Gasteiger partial charge in [-0.3, -0.25) is 0 Å². The first kappa shape index (κ1) is 27.9. The Hall–Kier alpha value is -2.11. The number of rotatable bonds is 12. The maximum atomic E-state index is 12.8. The predicted molar refractivity (Wildman–Crippen MR) is 131 cm³/mol. The first-order valence-electron chi connectivity index (χ1n) is 10.6. The van der Waals surface area contributed by atoms with Gasteiger partial charge < -0.3 is 24.6 Å². The predicted octanol–water partition coefficient (Wildman–Crippen LogP) is 4.99. The SMILES string of the molecule is CCCOc1ccc(CN=C(NCC)NCCCc2c(C)noc2C)c(OC(F)F)c1.I. The van der Waals surface area contributed by atoms with E-state index in [1.54, 1.807) is 12.1 Å². The first-order chi connectivity index (χ1) is 14.9. The van der Waals surface area contributed by atoms with Crippen LogP contribution in [0.25, 0.3) is 0 Å². The first-order valence-corrected chi connectivity index (χ1v) is 10.6. The van der Waals surface area contributed by atoms with E-state index in [0.29, 0.717) is 37.0 Å². The molecule has 7 nitrogen and oxygen atoms in total. The molecule has 180 valence electrons. The van der Waals surface area contributed by atoms with Crippen LogP contribution in [0.4, 0.5) is 8.78 Å². The molecule has 0 saturated heterocycles. The number of ether oxygens (including phenoxy) is 2. The number of aryl methyl sites for hydroxylation is 2. The summed E-state index contributed by atoms with van der Waals surface area (Å²) in [5.74, 6) is 2.02. The van der Waals surface area contributed by atoms with Crippen LogP contribution in [0, 0.1) is 13.8 Å². The molecule has 1 aromatic carbocycles. The fourth-order valence-corrected chi connectivity index (χ4v) is 3.02. The van der Waals surface area contributed by atoms with Gasteiger partial charge in [0.05, 0.1) is 18.8 Å². The van der Waals surface area contributed by atoms with E-state index >= 15 is 0 Å². The van der Waals surface area contributed by atoms with Gasteiger partial charge >= 0.3 is 6.61 Å². The second-order valence-electron chi connectivity index (χ2n) is 7.02. The van der Waals surface area contributed by atoms with Crippen LogP contribution in [0.3, 0.4) is 0 Å². The molecular weight excluding hydrogens is 533 g/mol. The minimum Gasteiger partial charge on any atom is -0.493 e. The lowest BCUT2D eigenvalue weighted by Crippen LogP contribution is -2.37.